The smallest absolute Gasteiger partial charge is 0.405 e. The minimum Gasteiger partial charge on any atom is -0.480 e. The van der Waals surface area contributed by atoms with Crippen molar-refractivity contribution in [3.05, 3.63) is 34.4 Å². The van der Waals surface area contributed by atoms with Crippen molar-refractivity contribution in [2.45, 2.75) is 6.18 Å². The fourth-order valence-electron chi connectivity index (χ4n) is 1.40. The third-order valence-corrected chi connectivity index (χ3v) is 2.12. The lowest BCUT2D eigenvalue weighted by Gasteiger charge is -2.23. The Morgan fingerprint density at radius 2 is 1.84 bits per heavy atom. The summed E-state index contributed by atoms with van der Waals surface area (Å²) >= 11 is 0. The van der Waals surface area contributed by atoms with Gasteiger partial charge in [-0.2, -0.15) is 13.2 Å². The molecular weight excluding hydrogens is 269 g/mol. The number of nitro groups is 1. The number of alkyl halides is 3. The molecule has 1 aromatic carbocycles. The van der Waals surface area contributed by atoms with Crippen LogP contribution in [0.25, 0.3) is 0 Å². The number of rotatable bonds is 5. The highest BCUT2D eigenvalue weighted by molar-refractivity contribution is 5.74. The largest absolute Gasteiger partial charge is 0.480 e. The van der Waals surface area contributed by atoms with Gasteiger partial charge in [-0.25, -0.2) is 0 Å². The van der Waals surface area contributed by atoms with Crippen molar-refractivity contribution in [2.75, 3.05) is 18.0 Å². The summed E-state index contributed by atoms with van der Waals surface area (Å²) in [7, 11) is 0. The number of hydrogen-bond donors (Lipinski definition) is 1. The molecule has 9 heteroatoms. The Morgan fingerprint density at radius 3 is 2.21 bits per heavy atom. The number of carbonyl (C=O) groups is 1. The van der Waals surface area contributed by atoms with E-state index in [1.165, 1.54) is 0 Å². The van der Waals surface area contributed by atoms with Crippen LogP contribution in [0.4, 0.5) is 24.5 Å². The van der Waals surface area contributed by atoms with E-state index >= 15 is 0 Å². The van der Waals surface area contributed by atoms with E-state index in [2.05, 4.69) is 0 Å². The molecule has 0 heterocycles. The van der Waals surface area contributed by atoms with Crippen LogP contribution < -0.4 is 4.90 Å². The highest BCUT2D eigenvalue weighted by atomic mass is 19.4. The average Bonchev–Trinajstić information content (AvgIpc) is 2.25. The van der Waals surface area contributed by atoms with Crippen LogP contribution in [-0.2, 0) is 4.79 Å². The minimum atomic E-state index is -4.57. The van der Waals surface area contributed by atoms with E-state index in [4.69, 9.17) is 5.11 Å². The van der Waals surface area contributed by atoms with Gasteiger partial charge >= 0.3 is 12.1 Å². The molecule has 1 N–H and O–H groups in total. The second-order valence-corrected chi connectivity index (χ2v) is 3.64. The zero-order valence-electron chi connectivity index (χ0n) is 9.42. The molecule has 0 radical (unpaired) electrons. The molecule has 104 valence electrons. The maximum absolute atomic E-state index is 12.3. The van der Waals surface area contributed by atoms with Gasteiger partial charge in [0.05, 0.1) is 4.92 Å². The Balaban J connectivity index is 2.96. The van der Waals surface area contributed by atoms with Crippen molar-refractivity contribution in [3.63, 3.8) is 0 Å². The molecule has 6 nitrogen and oxygen atoms in total. The van der Waals surface area contributed by atoms with Gasteiger partial charge in [0.1, 0.15) is 13.1 Å². The number of nitro benzene ring substituents is 1. The van der Waals surface area contributed by atoms with E-state index < -0.39 is 30.2 Å². The summed E-state index contributed by atoms with van der Waals surface area (Å²) in [5.41, 5.74) is -0.337. The lowest BCUT2D eigenvalue weighted by molar-refractivity contribution is -0.384. The Kier molecular flexibility index (Phi) is 4.30. The highest BCUT2D eigenvalue weighted by Gasteiger charge is 2.31. The van der Waals surface area contributed by atoms with Gasteiger partial charge in [0.15, 0.2) is 0 Å². The summed E-state index contributed by atoms with van der Waals surface area (Å²) in [5, 5.41) is 19.0. The quantitative estimate of drug-likeness (QED) is 0.658. The van der Waals surface area contributed by atoms with E-state index in [1.54, 1.807) is 0 Å². The standard InChI is InChI=1S/C10H9F3N2O4/c11-10(12,13)6-14(5-9(16)17)7-1-3-8(4-2-7)15(18)19/h1-4H,5-6H2,(H,16,17). The molecule has 0 aliphatic carbocycles. The first kappa shape index (κ1) is 14.7. The molecule has 0 amide bonds. The summed E-state index contributed by atoms with van der Waals surface area (Å²) in [6.07, 6.45) is -4.57. The number of hydrogen-bond acceptors (Lipinski definition) is 4. The molecule has 1 aromatic rings. The molecule has 0 saturated carbocycles. The van der Waals surface area contributed by atoms with Crippen LogP contribution in [0.5, 0.6) is 0 Å². The summed E-state index contributed by atoms with van der Waals surface area (Å²) < 4.78 is 36.9. The Labute approximate surface area is 105 Å². The number of halogens is 3. The molecule has 1 rings (SSSR count). The lowest BCUT2D eigenvalue weighted by atomic mass is 10.2. The van der Waals surface area contributed by atoms with Crippen molar-refractivity contribution in [1.82, 2.24) is 0 Å². The van der Waals surface area contributed by atoms with Gasteiger partial charge in [0, 0.05) is 17.8 Å². The van der Waals surface area contributed by atoms with Crippen molar-refractivity contribution in [1.29, 1.82) is 0 Å². The van der Waals surface area contributed by atoms with Crippen LogP contribution in [0.2, 0.25) is 0 Å². The third-order valence-electron chi connectivity index (χ3n) is 2.12. The van der Waals surface area contributed by atoms with E-state index in [9.17, 15) is 28.1 Å². The Bertz CT molecular complexity index is 473. The molecular formula is C10H9F3N2O4. The van der Waals surface area contributed by atoms with Crippen molar-refractivity contribution in [2.24, 2.45) is 0 Å². The highest BCUT2D eigenvalue weighted by Crippen LogP contribution is 2.24. The van der Waals surface area contributed by atoms with Crippen LogP contribution >= 0.6 is 0 Å². The van der Waals surface area contributed by atoms with Gasteiger partial charge in [0.25, 0.3) is 5.69 Å². The van der Waals surface area contributed by atoms with E-state index in [1.807, 2.05) is 0 Å². The number of carboxylic acid groups (broad SMARTS) is 1. The second-order valence-electron chi connectivity index (χ2n) is 3.64. The molecule has 0 atom stereocenters. The first-order chi connectivity index (χ1) is 8.69. The third kappa shape index (κ3) is 4.82. The normalized spacial score (nSPS) is 11.1. The molecule has 19 heavy (non-hydrogen) atoms. The fourth-order valence-corrected chi connectivity index (χ4v) is 1.40. The molecule has 0 fully saturated rings. The molecule has 0 bridgehead atoms. The van der Waals surface area contributed by atoms with E-state index in [0.29, 0.717) is 4.90 Å². The number of benzene rings is 1. The van der Waals surface area contributed by atoms with Gasteiger partial charge in [0.2, 0.25) is 0 Å². The first-order valence-corrected chi connectivity index (χ1v) is 4.97. The summed E-state index contributed by atoms with van der Waals surface area (Å²) in [4.78, 5) is 20.8. The van der Waals surface area contributed by atoms with Gasteiger partial charge in [-0.1, -0.05) is 0 Å². The zero-order chi connectivity index (χ0) is 14.6. The van der Waals surface area contributed by atoms with Crippen molar-refractivity contribution < 1.29 is 28.0 Å². The van der Waals surface area contributed by atoms with Crippen molar-refractivity contribution >= 4 is 17.3 Å². The molecule has 0 saturated heterocycles. The SMILES string of the molecule is O=C(O)CN(CC(F)(F)F)c1ccc([N+](=O)[O-])cc1. The van der Waals surface area contributed by atoms with Crippen molar-refractivity contribution in [3.8, 4) is 0 Å². The summed E-state index contributed by atoms with van der Waals surface area (Å²) in [5.74, 6) is -1.43. The van der Waals surface area contributed by atoms with Gasteiger partial charge in [-0.05, 0) is 12.1 Å². The molecule has 0 unspecified atom stereocenters. The maximum Gasteiger partial charge on any atom is 0.405 e. The van der Waals surface area contributed by atoms with Crippen LogP contribution in [0.3, 0.4) is 0 Å². The number of non-ortho nitro benzene ring substituents is 1. The number of anilines is 1. The molecule has 0 aliphatic heterocycles. The maximum atomic E-state index is 12.3. The van der Waals surface area contributed by atoms with E-state index in [0.717, 1.165) is 24.3 Å². The van der Waals surface area contributed by atoms with Gasteiger partial charge < -0.3 is 10.0 Å². The van der Waals surface area contributed by atoms with Gasteiger partial charge in [-0.15, -0.1) is 0 Å². The average molecular weight is 278 g/mol. The predicted molar refractivity (Wildman–Crippen MR) is 59.0 cm³/mol. The van der Waals surface area contributed by atoms with Crippen LogP contribution in [0, 0.1) is 10.1 Å². The minimum absolute atomic E-state index is 0.0506. The monoisotopic (exact) mass is 278 g/mol. The van der Waals surface area contributed by atoms with Gasteiger partial charge in [-0.3, -0.25) is 14.9 Å². The number of nitrogens with zero attached hydrogens (tertiary/aromatic N) is 2. The van der Waals surface area contributed by atoms with Crippen LogP contribution in [0.1, 0.15) is 0 Å². The fraction of sp³-hybridized carbons (Fsp3) is 0.300. The predicted octanol–water partition coefficient (Wildman–Crippen LogP) is 2.05. The first-order valence-electron chi connectivity index (χ1n) is 4.97. The van der Waals surface area contributed by atoms with Crippen LogP contribution in [-0.4, -0.2) is 35.3 Å². The summed E-state index contributed by atoms with van der Waals surface area (Å²) in [6.45, 7) is -2.30. The van der Waals surface area contributed by atoms with E-state index in [-0.39, 0.29) is 11.4 Å². The lowest BCUT2D eigenvalue weighted by Crippen LogP contribution is -2.37. The molecule has 0 aromatic heterocycles. The Morgan fingerprint density at radius 1 is 1.32 bits per heavy atom. The van der Waals surface area contributed by atoms with Crippen LogP contribution in [0.15, 0.2) is 24.3 Å². The summed E-state index contributed by atoms with van der Waals surface area (Å²) in [6, 6.07) is 4.18. The molecule has 0 aliphatic rings. The second kappa shape index (κ2) is 5.55. The zero-order valence-corrected chi connectivity index (χ0v) is 9.42. The molecule has 0 spiro atoms. The topological polar surface area (TPSA) is 83.7 Å². The number of aliphatic carboxylic acids is 1. The Hall–Kier alpha value is -2.32. The number of carboxylic acids is 1.